The summed E-state index contributed by atoms with van der Waals surface area (Å²) in [6, 6.07) is 14.8. The smallest absolute Gasteiger partial charge is 0.312 e. The third-order valence-corrected chi connectivity index (χ3v) is 5.56. The number of nitro groups is 1. The van der Waals surface area contributed by atoms with Gasteiger partial charge in [-0.1, -0.05) is 36.4 Å². The van der Waals surface area contributed by atoms with Crippen molar-refractivity contribution in [3.05, 3.63) is 104 Å². The fraction of sp³-hybridized carbons (Fsp3) is 0.0833. The van der Waals surface area contributed by atoms with Crippen molar-refractivity contribution in [2.45, 2.75) is 12.3 Å². The number of nitro benzene ring substituents is 1. The van der Waals surface area contributed by atoms with Crippen LogP contribution in [0.5, 0.6) is 5.75 Å². The maximum Gasteiger partial charge on any atom is 0.312 e. The second-order valence-corrected chi connectivity index (χ2v) is 7.36. The second-order valence-electron chi connectivity index (χ2n) is 7.36. The van der Waals surface area contributed by atoms with E-state index in [1.54, 1.807) is 18.2 Å². The lowest BCUT2D eigenvalue weighted by molar-refractivity contribution is -0.385. The molecule has 0 bridgehead atoms. The molecule has 2 heterocycles. The van der Waals surface area contributed by atoms with Gasteiger partial charge in [0.05, 0.1) is 22.3 Å². The molecule has 0 N–H and O–H groups in total. The van der Waals surface area contributed by atoms with Crippen LogP contribution in [0.1, 0.15) is 23.5 Å². The third kappa shape index (κ3) is 3.04. The number of nitrogens with zero attached hydrogens (tertiary/aromatic N) is 1. The number of ether oxygens (including phenoxy) is 1. The van der Waals surface area contributed by atoms with Crippen LogP contribution in [0, 0.1) is 15.9 Å². The van der Waals surface area contributed by atoms with E-state index in [1.165, 1.54) is 42.5 Å². The van der Waals surface area contributed by atoms with E-state index in [4.69, 9.17) is 9.15 Å². The van der Waals surface area contributed by atoms with Crippen LogP contribution in [0.3, 0.4) is 0 Å². The van der Waals surface area contributed by atoms with E-state index in [1.807, 2.05) is 0 Å². The predicted molar refractivity (Wildman–Crippen MR) is 113 cm³/mol. The average Bonchev–Trinajstić information content (AvgIpc) is 2.79. The Morgan fingerprint density at radius 2 is 1.72 bits per heavy atom. The maximum absolute atomic E-state index is 14.3. The van der Waals surface area contributed by atoms with Crippen LogP contribution in [0.2, 0.25) is 0 Å². The summed E-state index contributed by atoms with van der Waals surface area (Å²) in [5, 5.41) is 11.7. The van der Waals surface area contributed by atoms with Gasteiger partial charge in [0.2, 0.25) is 5.43 Å². The van der Waals surface area contributed by atoms with E-state index < -0.39 is 28.1 Å². The first kappa shape index (κ1) is 19.6. The van der Waals surface area contributed by atoms with Crippen LogP contribution in [0.4, 0.5) is 10.1 Å². The van der Waals surface area contributed by atoms with Crippen LogP contribution < -0.4 is 10.2 Å². The van der Waals surface area contributed by atoms with E-state index in [9.17, 15) is 24.1 Å². The normalized spacial score (nSPS) is 15.3. The Balaban J connectivity index is 1.78. The average molecular weight is 431 g/mol. The van der Waals surface area contributed by atoms with Crippen molar-refractivity contribution < 1.29 is 23.3 Å². The Bertz CT molecular complexity index is 1480. The number of halogens is 1. The molecule has 8 heteroatoms. The molecule has 0 radical (unpaired) electrons. The Kier molecular flexibility index (Phi) is 4.55. The summed E-state index contributed by atoms with van der Waals surface area (Å²) in [6.45, 7) is 0. The Labute approximate surface area is 179 Å². The molecule has 5 rings (SSSR count). The number of fused-ring (bicyclic) bond motifs is 3. The van der Waals surface area contributed by atoms with Gasteiger partial charge >= 0.3 is 5.97 Å². The largest absolute Gasteiger partial charge is 0.463 e. The molecule has 0 aliphatic carbocycles. The number of para-hydroxylation sites is 1. The summed E-state index contributed by atoms with van der Waals surface area (Å²) in [4.78, 5) is 36.5. The van der Waals surface area contributed by atoms with E-state index in [2.05, 4.69) is 0 Å². The lowest BCUT2D eigenvalue weighted by Gasteiger charge is -2.25. The Hall–Kier alpha value is -4.33. The van der Waals surface area contributed by atoms with E-state index >= 15 is 0 Å². The number of carbonyl (C=O) groups excluding carboxylic acids is 1. The number of hydrogen-bond acceptors (Lipinski definition) is 6. The zero-order chi connectivity index (χ0) is 22.4. The van der Waals surface area contributed by atoms with Crippen LogP contribution >= 0.6 is 0 Å². The predicted octanol–water partition coefficient (Wildman–Crippen LogP) is 4.95. The van der Waals surface area contributed by atoms with Crippen LogP contribution in [-0.4, -0.2) is 10.9 Å². The van der Waals surface area contributed by atoms with Gasteiger partial charge in [-0.05, 0) is 18.2 Å². The summed E-state index contributed by atoms with van der Waals surface area (Å²) in [5.41, 5.74) is 0.353. The van der Waals surface area contributed by atoms with Crippen molar-refractivity contribution in [3.63, 3.8) is 0 Å². The van der Waals surface area contributed by atoms with E-state index in [0.29, 0.717) is 11.1 Å². The molecule has 0 spiro atoms. The molecule has 4 aromatic rings. The Morgan fingerprint density at radius 1 is 0.969 bits per heavy atom. The van der Waals surface area contributed by atoms with E-state index in [-0.39, 0.29) is 40.0 Å². The van der Waals surface area contributed by atoms with Crippen LogP contribution in [0.15, 0.2) is 76.1 Å². The number of rotatable bonds is 3. The lowest BCUT2D eigenvalue weighted by atomic mass is 9.84. The molecular formula is C24H14FNO6. The second kappa shape index (κ2) is 7.42. The molecule has 0 amide bonds. The van der Waals surface area contributed by atoms with Crippen molar-refractivity contribution >= 4 is 22.6 Å². The fourth-order valence-electron chi connectivity index (χ4n) is 4.14. The topological polar surface area (TPSA) is 99.7 Å². The molecule has 1 aliphatic rings. The molecule has 3 aromatic carbocycles. The minimum absolute atomic E-state index is 0.0468. The minimum Gasteiger partial charge on any atom is -0.463 e. The summed E-state index contributed by atoms with van der Waals surface area (Å²) >= 11 is 0. The number of esters is 1. The van der Waals surface area contributed by atoms with Gasteiger partial charge in [0, 0.05) is 28.7 Å². The van der Waals surface area contributed by atoms with Gasteiger partial charge < -0.3 is 9.15 Å². The van der Waals surface area contributed by atoms with Gasteiger partial charge in [0.1, 0.15) is 23.4 Å². The highest BCUT2D eigenvalue weighted by Gasteiger charge is 2.35. The molecule has 0 saturated heterocycles. The van der Waals surface area contributed by atoms with Crippen LogP contribution in [-0.2, 0) is 4.79 Å². The first-order valence-electron chi connectivity index (χ1n) is 9.73. The molecule has 1 aromatic heterocycles. The van der Waals surface area contributed by atoms with Crippen molar-refractivity contribution in [3.8, 4) is 16.9 Å². The number of benzene rings is 3. The highest BCUT2D eigenvalue weighted by Crippen LogP contribution is 2.45. The molecule has 0 fully saturated rings. The van der Waals surface area contributed by atoms with Crippen molar-refractivity contribution in [1.82, 2.24) is 0 Å². The Morgan fingerprint density at radius 3 is 2.50 bits per heavy atom. The number of hydrogen-bond donors (Lipinski definition) is 0. The van der Waals surface area contributed by atoms with Gasteiger partial charge in [0.15, 0.2) is 0 Å². The van der Waals surface area contributed by atoms with Gasteiger partial charge in [0.25, 0.3) is 5.69 Å². The van der Waals surface area contributed by atoms with Gasteiger partial charge in [-0.15, -0.1) is 0 Å². The van der Waals surface area contributed by atoms with E-state index in [0.717, 1.165) is 6.26 Å². The molecule has 1 atom stereocenters. The molecule has 0 saturated carbocycles. The molecule has 1 unspecified atom stereocenters. The van der Waals surface area contributed by atoms with Crippen molar-refractivity contribution in [2.75, 3.05) is 0 Å². The molecule has 158 valence electrons. The SMILES string of the molecule is O=C1CC(c2ccccc2[N+](=O)[O-])c2c(ccc3c(=O)c(-c4ccccc4F)coc23)O1. The summed E-state index contributed by atoms with van der Waals surface area (Å²) in [6.07, 6.45) is 1.01. The quantitative estimate of drug-likeness (QED) is 0.197. The van der Waals surface area contributed by atoms with Gasteiger partial charge in [-0.3, -0.25) is 19.7 Å². The zero-order valence-electron chi connectivity index (χ0n) is 16.4. The zero-order valence-corrected chi connectivity index (χ0v) is 16.4. The molecule has 32 heavy (non-hydrogen) atoms. The fourth-order valence-corrected chi connectivity index (χ4v) is 4.14. The van der Waals surface area contributed by atoms with Crippen molar-refractivity contribution in [1.29, 1.82) is 0 Å². The highest BCUT2D eigenvalue weighted by molar-refractivity contribution is 5.90. The molecular weight excluding hydrogens is 417 g/mol. The number of carbonyl (C=O) groups is 1. The summed E-state index contributed by atoms with van der Waals surface area (Å²) in [7, 11) is 0. The lowest BCUT2D eigenvalue weighted by Crippen LogP contribution is -2.22. The van der Waals surface area contributed by atoms with Crippen LogP contribution in [0.25, 0.3) is 22.1 Å². The molecule has 1 aliphatic heterocycles. The van der Waals surface area contributed by atoms with Gasteiger partial charge in [-0.2, -0.15) is 0 Å². The molecule has 7 nitrogen and oxygen atoms in total. The van der Waals surface area contributed by atoms with Gasteiger partial charge in [-0.25, -0.2) is 4.39 Å². The summed E-state index contributed by atoms with van der Waals surface area (Å²) < 4.78 is 25.4. The standard InChI is InChI=1S/C24H14FNO6/c25-18-7-3-1-5-13(18)17-12-31-24-15(23(17)28)9-10-20-22(24)16(11-21(27)32-20)14-6-2-4-8-19(14)26(29)30/h1-10,12,16H,11H2. The maximum atomic E-state index is 14.3. The monoisotopic (exact) mass is 431 g/mol. The highest BCUT2D eigenvalue weighted by atomic mass is 19.1. The van der Waals surface area contributed by atoms with Crippen molar-refractivity contribution in [2.24, 2.45) is 0 Å². The summed E-state index contributed by atoms with van der Waals surface area (Å²) in [5.74, 6) is -1.70. The first-order valence-corrected chi connectivity index (χ1v) is 9.73. The first-order chi connectivity index (χ1) is 15.5. The third-order valence-electron chi connectivity index (χ3n) is 5.56. The minimum atomic E-state index is -0.751.